The summed E-state index contributed by atoms with van der Waals surface area (Å²) in [6.45, 7) is 4.18. The molecule has 0 spiro atoms. The van der Waals surface area contributed by atoms with Gasteiger partial charge in [-0.3, -0.25) is 4.21 Å². The van der Waals surface area contributed by atoms with Crippen molar-refractivity contribution in [3.05, 3.63) is 0 Å². The molecule has 0 bridgehead atoms. The van der Waals surface area contributed by atoms with Gasteiger partial charge in [-0.1, -0.05) is 51.9 Å². The van der Waals surface area contributed by atoms with Crippen LogP contribution < -0.4 is 0 Å². The van der Waals surface area contributed by atoms with Gasteiger partial charge in [0.05, 0.1) is 0 Å². The van der Waals surface area contributed by atoms with Gasteiger partial charge in [0.1, 0.15) is 0 Å². The van der Waals surface area contributed by atoms with Crippen LogP contribution in [-0.2, 0) is 10.8 Å². The first kappa shape index (κ1) is 22.3. The van der Waals surface area contributed by atoms with E-state index in [1.54, 1.807) is 13.2 Å². The molecule has 0 aromatic heterocycles. The van der Waals surface area contributed by atoms with Crippen LogP contribution in [0.15, 0.2) is 0 Å². The van der Waals surface area contributed by atoms with Crippen LogP contribution in [0.2, 0.25) is 0 Å². The Morgan fingerprint density at radius 3 is 1.59 bits per heavy atom. The minimum atomic E-state index is -0.576. The maximum atomic E-state index is 10.7. The summed E-state index contributed by atoms with van der Waals surface area (Å²) in [6.07, 6.45) is 12.4. The third kappa shape index (κ3) is 31.4. The van der Waals surface area contributed by atoms with Crippen LogP contribution in [0.3, 0.4) is 0 Å². The van der Waals surface area contributed by atoms with Crippen molar-refractivity contribution < 1.29 is 14.8 Å². The van der Waals surface area contributed by atoms with Gasteiger partial charge in [-0.25, -0.2) is 0 Å². The topological polar surface area (TPSA) is 68.8 Å². The van der Waals surface area contributed by atoms with E-state index < -0.39 is 10.8 Å². The van der Waals surface area contributed by atoms with E-state index in [2.05, 4.69) is 6.92 Å². The van der Waals surface area contributed by atoms with E-state index in [0.717, 1.165) is 12.2 Å². The normalized spacial score (nSPS) is 11.1. The van der Waals surface area contributed by atoms with Gasteiger partial charge < -0.3 is 10.6 Å². The van der Waals surface area contributed by atoms with Crippen molar-refractivity contribution in [3.8, 4) is 0 Å². The molecule has 0 amide bonds. The van der Waals surface area contributed by atoms with Gasteiger partial charge in [0.25, 0.3) is 0 Å². The number of aliphatic hydroxyl groups is 1. The smallest absolute Gasteiger partial charge is 0.0402 e. The second-order valence-corrected chi connectivity index (χ2v) is 5.62. The predicted molar refractivity (Wildman–Crippen MR) is 77.9 cm³/mol. The Morgan fingerprint density at radius 1 is 0.882 bits per heavy atom. The first-order valence-corrected chi connectivity index (χ1v) is 8.32. The number of aliphatic hydroxyl groups excluding tert-OH is 1. The Morgan fingerprint density at radius 2 is 1.24 bits per heavy atom. The van der Waals surface area contributed by atoms with Crippen LogP contribution in [0.1, 0.15) is 65.2 Å². The highest BCUT2D eigenvalue weighted by molar-refractivity contribution is 7.84. The molecule has 0 aromatic carbocycles. The zero-order valence-corrected chi connectivity index (χ0v) is 12.7. The fourth-order valence-electron chi connectivity index (χ4n) is 1.44. The molecule has 0 aliphatic heterocycles. The van der Waals surface area contributed by atoms with Crippen LogP contribution in [0.25, 0.3) is 0 Å². The second-order valence-electron chi connectivity index (χ2n) is 4.07. The maximum absolute atomic E-state index is 10.7. The Hall–Kier alpha value is 0.0700. The maximum Gasteiger partial charge on any atom is 0.0402 e. The van der Waals surface area contributed by atoms with Gasteiger partial charge in [0.2, 0.25) is 0 Å². The van der Waals surface area contributed by atoms with Crippen LogP contribution >= 0.6 is 0 Å². The number of hydrogen-bond acceptors (Lipinski definition) is 2. The summed E-state index contributed by atoms with van der Waals surface area (Å²) in [5, 5.41) is 7.57. The average molecular weight is 268 g/mol. The van der Waals surface area contributed by atoms with Crippen molar-refractivity contribution in [2.45, 2.75) is 65.2 Å². The zero-order chi connectivity index (χ0) is 12.6. The molecule has 0 aliphatic carbocycles. The summed E-state index contributed by atoms with van der Waals surface area (Å²) >= 11 is 0. The molecule has 3 N–H and O–H groups in total. The molecule has 0 fully saturated rings. The molecular formula is C13H32O3S. The van der Waals surface area contributed by atoms with Gasteiger partial charge in [-0.05, 0) is 13.3 Å². The molecule has 0 radical (unpaired) electrons. The second kappa shape index (κ2) is 21.4. The number of unbranched alkanes of at least 4 members (excludes halogenated alkanes) is 7. The molecule has 4 heteroatoms. The van der Waals surface area contributed by atoms with E-state index in [1.807, 2.05) is 0 Å². The Labute approximate surface area is 110 Å². The average Bonchev–Trinajstić information content (AvgIpc) is 2.23. The highest BCUT2D eigenvalue weighted by Gasteiger charge is 1.93. The van der Waals surface area contributed by atoms with Crippen molar-refractivity contribution in [3.63, 3.8) is 0 Å². The van der Waals surface area contributed by atoms with Crippen LogP contribution in [0.5, 0.6) is 0 Å². The van der Waals surface area contributed by atoms with E-state index in [1.165, 1.54) is 44.9 Å². The predicted octanol–water partition coefficient (Wildman–Crippen LogP) is 2.68. The van der Waals surface area contributed by atoms with Crippen LogP contribution in [-0.4, -0.2) is 33.4 Å². The SMILES string of the molecule is CCCCCCCCCCS(C)=O.CCO.O. The third-order valence-electron chi connectivity index (χ3n) is 2.29. The molecule has 0 aromatic rings. The Balaban J connectivity index is -0.000000440. The molecule has 1 unspecified atom stereocenters. The summed E-state index contributed by atoms with van der Waals surface area (Å²) in [7, 11) is -0.576. The molecule has 17 heavy (non-hydrogen) atoms. The summed E-state index contributed by atoms with van der Waals surface area (Å²) in [5.74, 6) is 0.898. The molecule has 0 heterocycles. The fourth-order valence-corrected chi connectivity index (χ4v) is 2.05. The minimum absolute atomic E-state index is 0. The van der Waals surface area contributed by atoms with Crippen molar-refractivity contribution in [1.29, 1.82) is 0 Å². The van der Waals surface area contributed by atoms with Crippen molar-refractivity contribution in [1.82, 2.24) is 0 Å². The van der Waals surface area contributed by atoms with Crippen molar-refractivity contribution >= 4 is 10.8 Å². The highest BCUT2D eigenvalue weighted by Crippen LogP contribution is 2.08. The monoisotopic (exact) mass is 268 g/mol. The molecular weight excluding hydrogens is 236 g/mol. The highest BCUT2D eigenvalue weighted by atomic mass is 32.2. The molecule has 108 valence electrons. The molecule has 3 nitrogen and oxygen atoms in total. The van der Waals surface area contributed by atoms with Crippen LogP contribution in [0.4, 0.5) is 0 Å². The summed E-state index contributed by atoms with van der Waals surface area (Å²) in [4.78, 5) is 0. The first-order chi connectivity index (χ1) is 7.68. The summed E-state index contributed by atoms with van der Waals surface area (Å²) in [5.41, 5.74) is 0. The van der Waals surface area contributed by atoms with Gasteiger partial charge in [0, 0.05) is 29.4 Å². The summed E-state index contributed by atoms with van der Waals surface area (Å²) in [6, 6.07) is 0. The lowest BCUT2D eigenvalue weighted by molar-refractivity contribution is 0.318. The largest absolute Gasteiger partial charge is 0.412 e. The summed E-state index contributed by atoms with van der Waals surface area (Å²) < 4.78 is 10.7. The van der Waals surface area contributed by atoms with E-state index in [0.29, 0.717) is 0 Å². The fraction of sp³-hybridized carbons (Fsp3) is 1.00. The number of hydrogen-bond donors (Lipinski definition) is 1. The van der Waals surface area contributed by atoms with Crippen molar-refractivity contribution in [2.24, 2.45) is 0 Å². The lowest BCUT2D eigenvalue weighted by Crippen LogP contribution is -1.93. The Kier molecular flexibility index (Phi) is 28.0. The Bertz CT molecular complexity index is 141. The lowest BCUT2D eigenvalue weighted by Gasteiger charge is -2.00. The first-order valence-electron chi connectivity index (χ1n) is 6.59. The zero-order valence-electron chi connectivity index (χ0n) is 11.8. The van der Waals surface area contributed by atoms with E-state index in [-0.39, 0.29) is 12.1 Å². The molecule has 0 saturated carbocycles. The number of rotatable bonds is 9. The van der Waals surface area contributed by atoms with E-state index in [9.17, 15) is 4.21 Å². The standard InChI is InChI=1S/C11H24OS.C2H6O.H2O/c1-3-4-5-6-7-8-9-10-11-13(2)12;1-2-3;/h3-11H2,1-2H3;3H,2H2,1H3;1H2. The molecule has 0 aliphatic rings. The van der Waals surface area contributed by atoms with Gasteiger partial charge in [0.15, 0.2) is 0 Å². The van der Waals surface area contributed by atoms with Gasteiger partial charge in [-0.15, -0.1) is 0 Å². The molecule has 0 saturated heterocycles. The minimum Gasteiger partial charge on any atom is -0.412 e. The lowest BCUT2D eigenvalue weighted by atomic mass is 10.1. The quantitative estimate of drug-likeness (QED) is 0.653. The van der Waals surface area contributed by atoms with E-state index in [4.69, 9.17) is 5.11 Å². The third-order valence-corrected chi connectivity index (χ3v) is 3.15. The molecule has 1 atom stereocenters. The van der Waals surface area contributed by atoms with Gasteiger partial charge in [-0.2, -0.15) is 0 Å². The van der Waals surface area contributed by atoms with Crippen molar-refractivity contribution in [2.75, 3.05) is 18.6 Å². The van der Waals surface area contributed by atoms with E-state index >= 15 is 0 Å². The van der Waals surface area contributed by atoms with Gasteiger partial charge >= 0.3 is 0 Å². The van der Waals surface area contributed by atoms with Crippen LogP contribution in [0, 0.1) is 0 Å². The molecule has 0 rings (SSSR count).